The molecule has 2 fully saturated rings. The molecule has 0 radical (unpaired) electrons. The molecule has 0 amide bonds. The zero-order valence-corrected chi connectivity index (χ0v) is 7.34. The fourth-order valence-electron chi connectivity index (χ4n) is 2.56. The zero-order chi connectivity index (χ0) is 7.68. The van der Waals surface area contributed by atoms with E-state index in [1.165, 1.54) is 39.0 Å². The molecule has 2 atom stereocenters. The summed E-state index contributed by atoms with van der Waals surface area (Å²) < 4.78 is 0. The third-order valence-corrected chi connectivity index (χ3v) is 3.20. The maximum Gasteiger partial charge on any atom is 0.0260 e. The van der Waals surface area contributed by atoms with Crippen molar-refractivity contribution in [1.82, 2.24) is 10.2 Å². The number of hydrogen-bond donors (Lipinski definition) is 1. The lowest BCUT2D eigenvalue weighted by Gasteiger charge is -2.36. The van der Waals surface area contributed by atoms with E-state index in [0.717, 1.165) is 12.0 Å². The number of piperidine rings is 1. The van der Waals surface area contributed by atoms with Gasteiger partial charge in [-0.05, 0) is 38.4 Å². The van der Waals surface area contributed by atoms with Gasteiger partial charge in [-0.15, -0.1) is 0 Å². The Labute approximate surface area is 69.0 Å². The summed E-state index contributed by atoms with van der Waals surface area (Å²) in [6, 6.07) is 0.869. The Morgan fingerprint density at radius 3 is 3.18 bits per heavy atom. The summed E-state index contributed by atoms with van der Waals surface area (Å²) in [6.07, 6.45) is 2.87. The van der Waals surface area contributed by atoms with Crippen molar-refractivity contribution in [2.24, 2.45) is 5.92 Å². The highest BCUT2D eigenvalue weighted by Gasteiger charge is 2.33. The predicted molar refractivity (Wildman–Crippen MR) is 46.6 cm³/mol. The summed E-state index contributed by atoms with van der Waals surface area (Å²) >= 11 is 0. The molecule has 0 saturated carbocycles. The van der Waals surface area contributed by atoms with E-state index < -0.39 is 0 Å². The fraction of sp³-hybridized carbons (Fsp3) is 1.00. The van der Waals surface area contributed by atoms with E-state index in [4.69, 9.17) is 0 Å². The number of likely N-dealkylation sites (N-methyl/N-ethyl adjacent to an activating group) is 1. The summed E-state index contributed by atoms with van der Waals surface area (Å²) in [5.41, 5.74) is 0. The number of hydrogen-bond acceptors (Lipinski definition) is 2. The third kappa shape index (κ3) is 1.30. The minimum Gasteiger partial charge on any atom is -0.315 e. The van der Waals surface area contributed by atoms with Gasteiger partial charge in [0.05, 0.1) is 0 Å². The standard InChI is InChI=1S/C9H18N2/c1-2-11-5-3-4-8-6-10-7-9(8)11/h8-10H,2-7H2,1H3. The van der Waals surface area contributed by atoms with Gasteiger partial charge in [0.2, 0.25) is 0 Å². The first kappa shape index (κ1) is 7.56. The van der Waals surface area contributed by atoms with Crippen LogP contribution in [0.3, 0.4) is 0 Å². The van der Waals surface area contributed by atoms with E-state index in [1.807, 2.05) is 0 Å². The lowest BCUT2D eigenvalue weighted by molar-refractivity contribution is 0.132. The van der Waals surface area contributed by atoms with Crippen LogP contribution >= 0.6 is 0 Å². The molecule has 2 unspecified atom stereocenters. The summed E-state index contributed by atoms with van der Waals surface area (Å²) in [5.74, 6) is 0.962. The SMILES string of the molecule is CCN1CCCC2CNCC21. The van der Waals surface area contributed by atoms with Crippen LogP contribution in [0.1, 0.15) is 19.8 Å². The second-order valence-corrected chi connectivity index (χ2v) is 3.76. The van der Waals surface area contributed by atoms with Gasteiger partial charge in [-0.1, -0.05) is 6.92 Å². The van der Waals surface area contributed by atoms with Crippen molar-refractivity contribution in [2.75, 3.05) is 26.2 Å². The van der Waals surface area contributed by atoms with Gasteiger partial charge in [0.15, 0.2) is 0 Å². The highest BCUT2D eigenvalue weighted by atomic mass is 15.2. The Hall–Kier alpha value is -0.0800. The highest BCUT2D eigenvalue weighted by molar-refractivity contribution is 4.91. The van der Waals surface area contributed by atoms with Crippen molar-refractivity contribution in [3.63, 3.8) is 0 Å². The molecule has 0 aromatic carbocycles. The molecule has 0 aliphatic carbocycles. The van der Waals surface area contributed by atoms with Gasteiger partial charge in [0.1, 0.15) is 0 Å². The summed E-state index contributed by atoms with van der Waals surface area (Å²) in [6.45, 7) is 7.35. The number of nitrogens with one attached hydrogen (secondary N) is 1. The Morgan fingerprint density at radius 1 is 1.45 bits per heavy atom. The average Bonchev–Trinajstić information content (AvgIpc) is 2.50. The Bertz CT molecular complexity index is 136. The molecular weight excluding hydrogens is 136 g/mol. The lowest BCUT2D eigenvalue weighted by atomic mass is 9.92. The smallest absolute Gasteiger partial charge is 0.0260 e. The topological polar surface area (TPSA) is 15.3 Å². The normalized spacial score (nSPS) is 39.0. The molecule has 2 saturated heterocycles. The largest absolute Gasteiger partial charge is 0.315 e. The highest BCUT2D eigenvalue weighted by Crippen LogP contribution is 2.25. The molecule has 1 N–H and O–H groups in total. The van der Waals surface area contributed by atoms with Crippen LogP contribution in [0.5, 0.6) is 0 Å². The van der Waals surface area contributed by atoms with E-state index >= 15 is 0 Å². The van der Waals surface area contributed by atoms with Gasteiger partial charge in [0.25, 0.3) is 0 Å². The van der Waals surface area contributed by atoms with E-state index in [-0.39, 0.29) is 0 Å². The maximum absolute atomic E-state index is 3.49. The second kappa shape index (κ2) is 3.11. The minimum absolute atomic E-state index is 0.869. The summed E-state index contributed by atoms with van der Waals surface area (Å²) in [5, 5.41) is 3.49. The Kier molecular flexibility index (Phi) is 2.14. The molecule has 64 valence electrons. The van der Waals surface area contributed by atoms with E-state index in [0.29, 0.717) is 0 Å². The molecule has 2 heterocycles. The van der Waals surface area contributed by atoms with Gasteiger partial charge >= 0.3 is 0 Å². The number of fused-ring (bicyclic) bond motifs is 1. The van der Waals surface area contributed by atoms with E-state index in [2.05, 4.69) is 17.1 Å². The van der Waals surface area contributed by atoms with E-state index in [1.54, 1.807) is 0 Å². The Morgan fingerprint density at radius 2 is 2.36 bits per heavy atom. The predicted octanol–water partition coefficient (Wildman–Crippen LogP) is 0.690. The van der Waals surface area contributed by atoms with Gasteiger partial charge in [-0.2, -0.15) is 0 Å². The van der Waals surface area contributed by atoms with E-state index in [9.17, 15) is 0 Å². The molecule has 0 aromatic heterocycles. The van der Waals surface area contributed by atoms with Crippen molar-refractivity contribution < 1.29 is 0 Å². The average molecular weight is 154 g/mol. The van der Waals surface area contributed by atoms with Crippen LogP contribution < -0.4 is 5.32 Å². The minimum atomic E-state index is 0.869. The second-order valence-electron chi connectivity index (χ2n) is 3.76. The van der Waals surface area contributed by atoms with Crippen LogP contribution in [0.15, 0.2) is 0 Å². The van der Waals surface area contributed by atoms with Crippen LogP contribution in [0.2, 0.25) is 0 Å². The molecule has 11 heavy (non-hydrogen) atoms. The third-order valence-electron chi connectivity index (χ3n) is 3.20. The van der Waals surface area contributed by atoms with Crippen LogP contribution in [-0.2, 0) is 0 Å². The number of nitrogens with zero attached hydrogens (tertiary/aromatic N) is 1. The molecule has 0 aromatic rings. The van der Waals surface area contributed by atoms with Gasteiger partial charge < -0.3 is 5.32 Å². The Balaban J connectivity index is 2.00. The molecule has 2 aliphatic rings. The van der Waals surface area contributed by atoms with Crippen LogP contribution in [0.25, 0.3) is 0 Å². The molecular formula is C9H18N2. The van der Waals surface area contributed by atoms with Gasteiger partial charge in [0, 0.05) is 12.6 Å². The molecule has 2 rings (SSSR count). The number of likely N-dealkylation sites (tertiary alicyclic amines) is 1. The van der Waals surface area contributed by atoms with Crippen molar-refractivity contribution in [1.29, 1.82) is 0 Å². The molecule has 2 aliphatic heterocycles. The first-order valence-electron chi connectivity index (χ1n) is 4.86. The summed E-state index contributed by atoms with van der Waals surface area (Å²) in [4.78, 5) is 2.63. The van der Waals surface area contributed by atoms with Crippen molar-refractivity contribution >= 4 is 0 Å². The lowest BCUT2D eigenvalue weighted by Crippen LogP contribution is -2.44. The monoisotopic (exact) mass is 154 g/mol. The van der Waals surface area contributed by atoms with Gasteiger partial charge in [-0.25, -0.2) is 0 Å². The van der Waals surface area contributed by atoms with Gasteiger partial charge in [-0.3, -0.25) is 4.90 Å². The van der Waals surface area contributed by atoms with Crippen molar-refractivity contribution in [2.45, 2.75) is 25.8 Å². The van der Waals surface area contributed by atoms with Crippen LogP contribution in [0, 0.1) is 5.92 Å². The quantitative estimate of drug-likeness (QED) is 0.598. The van der Waals surface area contributed by atoms with Crippen LogP contribution in [0.4, 0.5) is 0 Å². The fourth-order valence-corrected chi connectivity index (χ4v) is 2.56. The van der Waals surface area contributed by atoms with Crippen molar-refractivity contribution in [3.8, 4) is 0 Å². The zero-order valence-electron chi connectivity index (χ0n) is 7.34. The summed E-state index contributed by atoms with van der Waals surface area (Å²) in [7, 11) is 0. The molecule has 0 bridgehead atoms. The molecule has 0 spiro atoms. The maximum atomic E-state index is 3.49. The molecule has 2 nitrogen and oxygen atoms in total. The van der Waals surface area contributed by atoms with Crippen LogP contribution in [-0.4, -0.2) is 37.1 Å². The number of rotatable bonds is 1. The first-order chi connectivity index (χ1) is 5.42. The van der Waals surface area contributed by atoms with Crippen molar-refractivity contribution in [3.05, 3.63) is 0 Å². The first-order valence-corrected chi connectivity index (χ1v) is 4.86. The molecule has 2 heteroatoms.